The number of carboxylic acids is 1. The van der Waals surface area contributed by atoms with Gasteiger partial charge in [-0.05, 0) is 36.1 Å². The van der Waals surface area contributed by atoms with Crippen molar-refractivity contribution in [1.29, 1.82) is 0 Å². The van der Waals surface area contributed by atoms with Gasteiger partial charge in [0.05, 0.1) is 6.61 Å². The molecular weight excluding hydrogens is 320 g/mol. The molecule has 0 radical (unpaired) electrons. The number of hydrogen-bond acceptors (Lipinski definition) is 3. The van der Waals surface area contributed by atoms with Gasteiger partial charge in [0.1, 0.15) is 5.75 Å². The molecule has 2 aliphatic rings. The van der Waals surface area contributed by atoms with E-state index in [-0.39, 0.29) is 25.7 Å². The lowest BCUT2D eigenvalue weighted by atomic mass is 9.86. The fourth-order valence-corrected chi connectivity index (χ4v) is 3.24. The Bertz CT molecular complexity index is 652. The zero-order valence-corrected chi connectivity index (χ0v) is 13.1. The van der Waals surface area contributed by atoms with Crippen molar-refractivity contribution < 1.29 is 28.2 Å². The summed E-state index contributed by atoms with van der Waals surface area (Å²) in [5, 5.41) is 11.9. The molecule has 5 nitrogen and oxygen atoms in total. The van der Waals surface area contributed by atoms with Crippen molar-refractivity contribution >= 4 is 11.9 Å². The van der Waals surface area contributed by atoms with Crippen LogP contribution < -0.4 is 10.1 Å². The van der Waals surface area contributed by atoms with Gasteiger partial charge in [-0.15, -0.1) is 0 Å². The average molecular weight is 339 g/mol. The highest BCUT2D eigenvalue weighted by Crippen LogP contribution is 2.36. The number of amides is 1. The standard InChI is InChI=1S/C17H19F2NO4/c18-17(19)6-3-10(4-7-17)15(21)20-14(16(22)23)12-1-2-13-11(9-12)5-8-24-13/h1-2,9-10,14H,3-8H2,(H,20,21)(H,22,23)/t14-/m1/s1. The van der Waals surface area contributed by atoms with E-state index in [2.05, 4.69) is 5.32 Å². The lowest BCUT2D eigenvalue weighted by Gasteiger charge is -2.28. The Morgan fingerprint density at radius 1 is 1.29 bits per heavy atom. The van der Waals surface area contributed by atoms with Crippen LogP contribution in [-0.2, 0) is 16.0 Å². The number of hydrogen-bond donors (Lipinski definition) is 2. The van der Waals surface area contributed by atoms with Crippen LogP contribution in [0.25, 0.3) is 0 Å². The number of aliphatic carboxylic acids is 1. The zero-order chi connectivity index (χ0) is 17.3. The second-order valence-electron chi connectivity index (χ2n) is 6.38. The third-order valence-corrected chi connectivity index (χ3v) is 4.67. The van der Waals surface area contributed by atoms with Crippen molar-refractivity contribution in [3.63, 3.8) is 0 Å². The van der Waals surface area contributed by atoms with Crippen LogP contribution in [0, 0.1) is 5.92 Å². The third-order valence-electron chi connectivity index (χ3n) is 4.67. The number of carboxylic acid groups (broad SMARTS) is 1. The number of carbonyl (C=O) groups is 2. The van der Waals surface area contributed by atoms with E-state index in [0.29, 0.717) is 18.6 Å². The Balaban J connectivity index is 1.70. The third kappa shape index (κ3) is 3.49. The van der Waals surface area contributed by atoms with Crippen LogP contribution in [0.5, 0.6) is 5.75 Å². The number of ether oxygens (including phenoxy) is 1. The molecule has 1 aromatic carbocycles. The summed E-state index contributed by atoms with van der Waals surface area (Å²) in [7, 11) is 0. The molecule has 1 aliphatic heterocycles. The van der Waals surface area contributed by atoms with Crippen molar-refractivity contribution in [2.75, 3.05) is 6.61 Å². The van der Waals surface area contributed by atoms with Gasteiger partial charge < -0.3 is 15.2 Å². The van der Waals surface area contributed by atoms with Crippen molar-refractivity contribution in [2.45, 2.75) is 44.1 Å². The van der Waals surface area contributed by atoms with Crippen LogP contribution >= 0.6 is 0 Å². The molecule has 1 heterocycles. The monoisotopic (exact) mass is 339 g/mol. The highest BCUT2D eigenvalue weighted by molar-refractivity contribution is 5.86. The highest BCUT2D eigenvalue weighted by atomic mass is 19.3. The smallest absolute Gasteiger partial charge is 0.330 e. The summed E-state index contributed by atoms with van der Waals surface area (Å²) in [5.41, 5.74) is 1.37. The van der Waals surface area contributed by atoms with Gasteiger partial charge in [-0.25, -0.2) is 13.6 Å². The number of fused-ring (bicyclic) bond motifs is 1. The maximum absolute atomic E-state index is 13.2. The summed E-state index contributed by atoms with van der Waals surface area (Å²) < 4.78 is 31.8. The molecule has 0 spiro atoms. The Morgan fingerprint density at radius 2 is 2.00 bits per heavy atom. The molecular formula is C17H19F2NO4. The second-order valence-corrected chi connectivity index (χ2v) is 6.38. The Kier molecular flexibility index (Phi) is 4.43. The first-order valence-electron chi connectivity index (χ1n) is 8.02. The molecule has 1 atom stereocenters. The quantitative estimate of drug-likeness (QED) is 0.884. The highest BCUT2D eigenvalue weighted by Gasteiger charge is 2.38. The zero-order valence-electron chi connectivity index (χ0n) is 13.1. The first-order valence-corrected chi connectivity index (χ1v) is 8.02. The summed E-state index contributed by atoms with van der Waals surface area (Å²) in [6.45, 7) is 0.555. The van der Waals surface area contributed by atoms with Crippen LogP contribution in [-0.4, -0.2) is 29.5 Å². The number of nitrogens with one attached hydrogen (secondary N) is 1. The van der Waals surface area contributed by atoms with E-state index in [0.717, 1.165) is 11.3 Å². The van der Waals surface area contributed by atoms with Crippen LogP contribution in [0.4, 0.5) is 8.78 Å². The molecule has 3 rings (SSSR count). The van der Waals surface area contributed by atoms with E-state index < -0.39 is 29.8 Å². The van der Waals surface area contributed by atoms with E-state index in [1.807, 2.05) is 0 Å². The topological polar surface area (TPSA) is 75.6 Å². The van der Waals surface area contributed by atoms with Gasteiger partial charge in [0.15, 0.2) is 6.04 Å². The first-order chi connectivity index (χ1) is 11.4. The first kappa shape index (κ1) is 16.7. The van der Waals surface area contributed by atoms with E-state index in [9.17, 15) is 23.5 Å². The van der Waals surface area contributed by atoms with E-state index in [1.165, 1.54) is 0 Å². The minimum atomic E-state index is -2.72. The molecule has 0 aromatic heterocycles. The van der Waals surface area contributed by atoms with Gasteiger partial charge in [-0.2, -0.15) is 0 Å². The van der Waals surface area contributed by atoms with Gasteiger partial charge in [0.2, 0.25) is 11.8 Å². The molecule has 0 saturated heterocycles. The minimum Gasteiger partial charge on any atom is -0.493 e. The second kappa shape index (κ2) is 6.37. The van der Waals surface area contributed by atoms with Gasteiger partial charge in [0, 0.05) is 25.2 Å². The summed E-state index contributed by atoms with van der Waals surface area (Å²) >= 11 is 0. The van der Waals surface area contributed by atoms with Crippen molar-refractivity contribution in [3.05, 3.63) is 29.3 Å². The van der Waals surface area contributed by atoms with E-state index in [4.69, 9.17) is 4.74 Å². The summed E-state index contributed by atoms with van der Waals surface area (Å²) in [4.78, 5) is 23.8. The molecule has 130 valence electrons. The van der Waals surface area contributed by atoms with E-state index >= 15 is 0 Å². The van der Waals surface area contributed by atoms with Crippen LogP contribution in [0.3, 0.4) is 0 Å². The van der Waals surface area contributed by atoms with Crippen molar-refractivity contribution in [2.24, 2.45) is 5.92 Å². The maximum Gasteiger partial charge on any atom is 0.330 e. The van der Waals surface area contributed by atoms with Crippen LogP contribution in [0.1, 0.15) is 42.9 Å². The maximum atomic E-state index is 13.2. The lowest BCUT2D eigenvalue weighted by Crippen LogP contribution is -2.40. The Morgan fingerprint density at radius 3 is 2.67 bits per heavy atom. The summed E-state index contributed by atoms with van der Waals surface area (Å²) in [5.74, 6) is -4.21. The number of halogens is 2. The normalized spacial score (nSPS) is 20.8. The lowest BCUT2D eigenvalue weighted by molar-refractivity contribution is -0.143. The predicted molar refractivity (Wildman–Crippen MR) is 81.1 cm³/mol. The SMILES string of the molecule is O=C(N[C@@H](C(=O)O)c1ccc2c(c1)CCO2)C1CCC(F)(F)CC1. The summed E-state index contributed by atoms with van der Waals surface area (Å²) in [6.07, 6.45) is 0.172. The molecule has 1 aromatic rings. The largest absolute Gasteiger partial charge is 0.493 e. The van der Waals surface area contributed by atoms with Crippen molar-refractivity contribution in [3.8, 4) is 5.75 Å². The molecule has 1 amide bonds. The van der Waals surface area contributed by atoms with Gasteiger partial charge in [-0.3, -0.25) is 4.79 Å². The molecule has 1 fully saturated rings. The summed E-state index contributed by atoms with van der Waals surface area (Å²) in [6, 6.07) is 3.83. The molecule has 0 bridgehead atoms. The van der Waals surface area contributed by atoms with Crippen molar-refractivity contribution in [1.82, 2.24) is 5.32 Å². The molecule has 0 unspecified atom stereocenters. The minimum absolute atomic E-state index is 0.0726. The van der Waals surface area contributed by atoms with Crippen LogP contribution in [0.2, 0.25) is 0 Å². The average Bonchev–Trinajstić information content (AvgIpc) is 2.99. The molecule has 7 heteroatoms. The molecule has 1 saturated carbocycles. The molecule has 1 aliphatic carbocycles. The fraction of sp³-hybridized carbons (Fsp3) is 0.529. The number of alkyl halides is 2. The molecule has 2 N–H and O–H groups in total. The number of benzene rings is 1. The van der Waals surface area contributed by atoms with Crippen LogP contribution in [0.15, 0.2) is 18.2 Å². The Labute approximate surface area is 138 Å². The van der Waals surface area contributed by atoms with Gasteiger partial charge in [-0.1, -0.05) is 6.07 Å². The predicted octanol–water partition coefficient (Wildman–Crippen LogP) is 2.69. The van der Waals surface area contributed by atoms with Gasteiger partial charge in [0.25, 0.3) is 0 Å². The van der Waals surface area contributed by atoms with Gasteiger partial charge >= 0.3 is 5.97 Å². The number of carbonyl (C=O) groups excluding carboxylic acids is 1. The Hall–Kier alpha value is -2.18. The number of rotatable bonds is 4. The van der Waals surface area contributed by atoms with E-state index in [1.54, 1.807) is 18.2 Å². The fourth-order valence-electron chi connectivity index (χ4n) is 3.24. The molecule has 24 heavy (non-hydrogen) atoms.